The van der Waals surface area contributed by atoms with Gasteiger partial charge in [-0.2, -0.15) is 0 Å². The van der Waals surface area contributed by atoms with E-state index in [0.29, 0.717) is 30.5 Å². The molecule has 2 saturated carbocycles. The molecule has 3 aliphatic rings. The van der Waals surface area contributed by atoms with Crippen molar-refractivity contribution in [2.45, 2.75) is 94.7 Å². The fourth-order valence-corrected chi connectivity index (χ4v) is 7.57. The molecule has 0 aromatic carbocycles. The molecule has 196 valence electrons. The number of methoxy groups -OCH3 is 1. The summed E-state index contributed by atoms with van der Waals surface area (Å²) in [6, 6.07) is -1.09. The smallest absolute Gasteiger partial charge is 0.410 e. The van der Waals surface area contributed by atoms with Gasteiger partial charge < -0.3 is 9.47 Å². The first-order chi connectivity index (χ1) is 16.5. The summed E-state index contributed by atoms with van der Waals surface area (Å²) in [7, 11) is -2.20. The van der Waals surface area contributed by atoms with Crippen LogP contribution < -0.4 is 4.72 Å². The molecule has 9 nitrogen and oxygen atoms in total. The summed E-state index contributed by atoms with van der Waals surface area (Å²) in [6.45, 7) is 7.81. The third-order valence-corrected chi connectivity index (χ3v) is 10.6. The second-order valence-corrected chi connectivity index (χ2v) is 12.5. The predicted octanol–water partition coefficient (Wildman–Crippen LogP) is 3.00. The Balaban J connectivity index is 1.43. The maximum atomic E-state index is 13.3. The summed E-state index contributed by atoms with van der Waals surface area (Å²) >= 11 is 0. The molecule has 1 amide bonds. The number of hydrogen-bond acceptors (Lipinski definition) is 7. The lowest BCUT2D eigenvalue weighted by atomic mass is 9.85. The van der Waals surface area contributed by atoms with E-state index in [9.17, 15) is 17.6 Å². The summed E-state index contributed by atoms with van der Waals surface area (Å²) in [5, 5.41) is -0.525. The molecule has 8 atom stereocenters. The van der Waals surface area contributed by atoms with E-state index in [1.807, 2.05) is 13.8 Å². The second kappa shape index (κ2) is 9.89. The van der Waals surface area contributed by atoms with E-state index in [-0.39, 0.29) is 24.2 Å². The lowest BCUT2D eigenvalue weighted by molar-refractivity contribution is -0.0103. The highest BCUT2D eigenvalue weighted by molar-refractivity contribution is 7.90. The van der Waals surface area contributed by atoms with Crippen LogP contribution in [0.25, 0.3) is 0 Å². The molecule has 3 fully saturated rings. The number of carbonyl (C=O) groups excluding carboxylic acids is 1. The molecule has 2 aliphatic carbocycles. The van der Waals surface area contributed by atoms with Crippen LogP contribution >= 0.6 is 0 Å². The number of carbonyl (C=O) groups is 1. The molecule has 0 bridgehead atoms. The fraction of sp³-hybridized carbons (Fsp3) is 0.792. The number of halogens is 1. The molecule has 1 aliphatic heterocycles. The average Bonchev–Trinajstić information content (AvgIpc) is 3.31. The number of nitrogens with one attached hydrogen (secondary N) is 1. The van der Waals surface area contributed by atoms with E-state index >= 15 is 0 Å². The van der Waals surface area contributed by atoms with Crippen molar-refractivity contribution in [3.05, 3.63) is 24.0 Å². The zero-order valence-corrected chi connectivity index (χ0v) is 21.9. The van der Waals surface area contributed by atoms with Gasteiger partial charge in [0.2, 0.25) is 10.0 Å². The normalized spacial score (nSPS) is 35.4. The maximum Gasteiger partial charge on any atom is 0.410 e. The number of sulfonamides is 1. The summed E-state index contributed by atoms with van der Waals surface area (Å²) in [4.78, 5) is 22.7. The molecular formula is C24H37FN4O5S. The van der Waals surface area contributed by atoms with Gasteiger partial charge in [0.25, 0.3) is 0 Å². The van der Waals surface area contributed by atoms with Gasteiger partial charge >= 0.3 is 6.09 Å². The number of aromatic nitrogens is 2. The van der Waals surface area contributed by atoms with Crippen molar-refractivity contribution in [3.63, 3.8) is 0 Å². The Labute approximate surface area is 207 Å². The molecule has 11 heteroatoms. The van der Waals surface area contributed by atoms with Crippen LogP contribution in [0.3, 0.4) is 0 Å². The first-order valence-corrected chi connectivity index (χ1v) is 14.1. The zero-order chi connectivity index (χ0) is 25.5. The Morgan fingerprint density at radius 2 is 2.00 bits per heavy atom. The van der Waals surface area contributed by atoms with E-state index in [1.165, 1.54) is 19.5 Å². The Hall–Kier alpha value is -1.85. The van der Waals surface area contributed by atoms with Crippen molar-refractivity contribution in [1.82, 2.24) is 19.6 Å². The number of hydrogen-bond donors (Lipinski definition) is 1. The molecule has 1 N–H and O–H groups in total. The summed E-state index contributed by atoms with van der Waals surface area (Å²) < 4.78 is 53.0. The highest BCUT2D eigenvalue weighted by Crippen LogP contribution is 2.66. The number of amides is 1. The minimum atomic E-state index is -3.53. The van der Waals surface area contributed by atoms with Crippen LogP contribution in [0.15, 0.2) is 12.4 Å². The molecule has 1 saturated heterocycles. The number of ether oxygens (including phenoxy) is 2. The SMILES string of the molecule is CCC(C)S(=O)(=O)N[C@H]1C[C@@H](C)N(C(=O)OC)[C@H]1CO[C@H]1CC[C@@]2(c3ncc(F)cn3)C(C)C2C1. The van der Waals surface area contributed by atoms with Crippen molar-refractivity contribution >= 4 is 16.1 Å². The summed E-state index contributed by atoms with van der Waals surface area (Å²) in [6.07, 6.45) is 5.42. The van der Waals surface area contributed by atoms with Gasteiger partial charge in [-0.25, -0.2) is 32.3 Å². The molecule has 35 heavy (non-hydrogen) atoms. The Kier molecular flexibility index (Phi) is 7.41. The number of rotatable bonds is 8. The van der Waals surface area contributed by atoms with Gasteiger partial charge in [-0.3, -0.25) is 4.90 Å². The van der Waals surface area contributed by atoms with Gasteiger partial charge in [-0.1, -0.05) is 13.8 Å². The molecule has 1 aromatic rings. The van der Waals surface area contributed by atoms with Crippen LogP contribution in [0.2, 0.25) is 0 Å². The Morgan fingerprint density at radius 3 is 2.60 bits per heavy atom. The molecular weight excluding hydrogens is 475 g/mol. The second-order valence-electron chi connectivity index (χ2n) is 10.4. The van der Waals surface area contributed by atoms with Crippen LogP contribution in [0, 0.1) is 17.7 Å². The minimum absolute atomic E-state index is 0.0132. The van der Waals surface area contributed by atoms with Crippen LogP contribution in [0.1, 0.15) is 65.6 Å². The van der Waals surface area contributed by atoms with Crippen LogP contribution in [0.4, 0.5) is 9.18 Å². The van der Waals surface area contributed by atoms with Crippen molar-refractivity contribution in [2.75, 3.05) is 13.7 Å². The van der Waals surface area contributed by atoms with E-state index in [4.69, 9.17) is 9.47 Å². The number of fused-ring (bicyclic) bond motifs is 1. The van der Waals surface area contributed by atoms with Gasteiger partial charge in [0.05, 0.1) is 43.5 Å². The van der Waals surface area contributed by atoms with Crippen LogP contribution in [-0.4, -0.2) is 72.6 Å². The zero-order valence-electron chi connectivity index (χ0n) is 21.1. The third-order valence-electron chi connectivity index (χ3n) is 8.60. The van der Waals surface area contributed by atoms with E-state index in [2.05, 4.69) is 21.6 Å². The maximum absolute atomic E-state index is 13.3. The van der Waals surface area contributed by atoms with Crippen molar-refractivity contribution < 1.29 is 27.1 Å². The lowest BCUT2D eigenvalue weighted by Gasteiger charge is -2.33. The van der Waals surface area contributed by atoms with E-state index < -0.39 is 39.3 Å². The monoisotopic (exact) mass is 512 g/mol. The molecule has 1 aromatic heterocycles. The van der Waals surface area contributed by atoms with Gasteiger partial charge in [0.1, 0.15) is 5.82 Å². The largest absolute Gasteiger partial charge is 0.453 e. The lowest BCUT2D eigenvalue weighted by Crippen LogP contribution is -2.51. The van der Waals surface area contributed by atoms with Crippen LogP contribution in [-0.2, 0) is 24.9 Å². The topological polar surface area (TPSA) is 111 Å². The number of likely N-dealkylation sites (tertiary alicyclic amines) is 1. The Bertz CT molecular complexity index is 1030. The first kappa shape index (κ1) is 26.2. The number of nitrogens with zero attached hydrogens (tertiary/aromatic N) is 3. The van der Waals surface area contributed by atoms with Crippen LogP contribution in [0.5, 0.6) is 0 Å². The molecule has 0 spiro atoms. The molecule has 0 radical (unpaired) electrons. The third kappa shape index (κ3) is 4.79. The highest BCUT2D eigenvalue weighted by atomic mass is 32.2. The average molecular weight is 513 g/mol. The standard InChI is InChI=1S/C24H37FN4O5S/c1-6-15(3)35(31,32)28-20-9-14(2)29(23(30)33-5)21(20)13-34-18-7-8-24(16(4)19(24)10-18)22-26-11-17(25)12-27-22/h11-12,14-16,18-21,28H,6-10,13H2,1-5H3/t14-,15?,16?,18+,19?,20+,21+,24-/m1/s1. The Morgan fingerprint density at radius 1 is 1.31 bits per heavy atom. The van der Waals surface area contributed by atoms with Gasteiger partial charge in [-0.15, -0.1) is 0 Å². The van der Waals surface area contributed by atoms with Gasteiger partial charge in [0, 0.05) is 17.5 Å². The summed E-state index contributed by atoms with van der Waals surface area (Å²) in [5.74, 6) is 1.00. The van der Waals surface area contributed by atoms with Gasteiger partial charge in [-0.05, 0) is 57.8 Å². The van der Waals surface area contributed by atoms with E-state index in [0.717, 1.165) is 19.3 Å². The minimum Gasteiger partial charge on any atom is -0.453 e. The van der Waals surface area contributed by atoms with Gasteiger partial charge in [0.15, 0.2) is 5.82 Å². The molecule has 3 unspecified atom stereocenters. The van der Waals surface area contributed by atoms with Crippen molar-refractivity contribution in [2.24, 2.45) is 11.8 Å². The fourth-order valence-electron chi connectivity index (χ4n) is 6.22. The first-order valence-electron chi connectivity index (χ1n) is 12.5. The molecule has 2 heterocycles. The highest BCUT2D eigenvalue weighted by Gasteiger charge is 2.66. The van der Waals surface area contributed by atoms with Crippen molar-refractivity contribution in [3.8, 4) is 0 Å². The summed E-state index contributed by atoms with van der Waals surface area (Å²) in [5.41, 5.74) is -0.123. The predicted molar refractivity (Wildman–Crippen MR) is 128 cm³/mol. The van der Waals surface area contributed by atoms with Crippen molar-refractivity contribution in [1.29, 1.82) is 0 Å². The van der Waals surface area contributed by atoms with E-state index in [1.54, 1.807) is 11.8 Å². The molecule has 4 rings (SSSR count). The quantitative estimate of drug-likeness (QED) is 0.570.